The number of unbranched alkanes of at least 4 members (excludes halogenated alkanes) is 20. The molecular formula is C50H97N5O5S. The van der Waals surface area contributed by atoms with Crippen molar-refractivity contribution in [3.63, 3.8) is 0 Å². The van der Waals surface area contributed by atoms with Crippen molar-refractivity contribution in [2.24, 2.45) is 15.9 Å². The zero-order valence-corrected chi connectivity index (χ0v) is 41.3. The number of carbonyl (C=O) groups excluding carboxylic acids is 2. The van der Waals surface area contributed by atoms with Gasteiger partial charge in [0.2, 0.25) is 11.0 Å². The number of rotatable bonds is 44. The first kappa shape index (κ1) is 57.0. The summed E-state index contributed by atoms with van der Waals surface area (Å²) in [5, 5.41) is 0. The zero-order valence-electron chi connectivity index (χ0n) is 40.5. The molecule has 0 saturated carbocycles. The Morgan fingerprint density at radius 3 is 1.56 bits per heavy atom. The second kappa shape index (κ2) is 42.0. The highest BCUT2D eigenvalue weighted by Crippen LogP contribution is 2.21. The molecule has 0 aliphatic rings. The number of esters is 2. The fraction of sp³-hybridized carbons (Fsp3) is 0.920. The van der Waals surface area contributed by atoms with Gasteiger partial charge in [0.1, 0.15) is 17.2 Å². The molecule has 10 nitrogen and oxygen atoms in total. The Kier molecular flexibility index (Phi) is 39.3. The lowest BCUT2D eigenvalue weighted by molar-refractivity contribution is -0.150. The van der Waals surface area contributed by atoms with E-state index in [1.54, 1.807) is 7.05 Å². The van der Waals surface area contributed by atoms with Crippen LogP contribution >= 0.6 is 11.1 Å². The van der Waals surface area contributed by atoms with Gasteiger partial charge in [-0.25, -0.2) is 0 Å². The van der Waals surface area contributed by atoms with Crippen molar-refractivity contribution >= 4 is 23.1 Å². The minimum Gasteiger partial charge on any atom is -0.549 e. The zero-order chi connectivity index (χ0) is 44.4. The smallest absolute Gasteiger partial charge is 0.306 e. The Balaban J connectivity index is 2.43. The Hall–Kier alpha value is -1.98. The van der Waals surface area contributed by atoms with Crippen LogP contribution in [0.1, 0.15) is 246 Å². The molecule has 0 fully saturated rings. The minimum absolute atomic E-state index is 0.00725. The molecule has 1 atom stereocenters. The second-order valence-electron chi connectivity index (χ2n) is 17.9. The summed E-state index contributed by atoms with van der Waals surface area (Å²) in [7, 11) is 1.67. The highest BCUT2D eigenvalue weighted by molar-refractivity contribution is 7.13. The van der Waals surface area contributed by atoms with E-state index in [2.05, 4.69) is 51.3 Å². The molecule has 0 bridgehead atoms. The molecule has 0 aromatic carbocycles. The summed E-state index contributed by atoms with van der Waals surface area (Å²) in [6, 6.07) is 0. The van der Waals surface area contributed by atoms with Gasteiger partial charge in [-0.1, -0.05) is 169 Å². The molecule has 1 unspecified atom stereocenters. The molecule has 0 aliphatic carbocycles. The Labute approximate surface area is 377 Å². The summed E-state index contributed by atoms with van der Waals surface area (Å²) < 4.78 is 29.2. The molecule has 0 saturated heterocycles. The van der Waals surface area contributed by atoms with Gasteiger partial charge < -0.3 is 18.9 Å². The maximum Gasteiger partial charge on any atom is 0.306 e. The molecular weight excluding hydrogens is 783 g/mol. The van der Waals surface area contributed by atoms with E-state index in [-0.39, 0.29) is 18.0 Å². The topological polar surface area (TPSA) is 135 Å². The highest BCUT2D eigenvalue weighted by atomic mass is 32.2. The van der Waals surface area contributed by atoms with Crippen molar-refractivity contribution in [2.75, 3.05) is 39.8 Å². The summed E-state index contributed by atoms with van der Waals surface area (Å²) in [6.45, 7) is 13.3. The van der Waals surface area contributed by atoms with E-state index < -0.39 is 11.1 Å². The third-order valence-corrected chi connectivity index (χ3v) is 13.0. The van der Waals surface area contributed by atoms with Crippen molar-refractivity contribution in [3.05, 3.63) is 11.0 Å². The second-order valence-corrected chi connectivity index (χ2v) is 18.8. The number of hydrogen-bond acceptors (Lipinski definition) is 8. The largest absolute Gasteiger partial charge is 0.549 e. The van der Waals surface area contributed by atoms with Gasteiger partial charge in [0, 0.05) is 26.4 Å². The van der Waals surface area contributed by atoms with Gasteiger partial charge in [0.15, 0.2) is 0 Å². The van der Waals surface area contributed by atoms with Crippen molar-refractivity contribution in [2.45, 2.75) is 252 Å². The fourth-order valence-electron chi connectivity index (χ4n) is 8.29. The molecule has 1 rings (SSSR count). The van der Waals surface area contributed by atoms with E-state index >= 15 is 0 Å². The number of nitrogens with one attached hydrogen (secondary N) is 2. The van der Waals surface area contributed by atoms with Gasteiger partial charge in [-0.15, -0.1) is 0 Å². The van der Waals surface area contributed by atoms with Crippen LogP contribution in [0.4, 0.5) is 0 Å². The first-order valence-corrected chi connectivity index (χ1v) is 27.1. The number of H-pyrrole nitrogens is 2. The van der Waals surface area contributed by atoms with Crippen molar-refractivity contribution in [3.8, 4) is 0 Å². The fourth-order valence-corrected chi connectivity index (χ4v) is 9.04. The van der Waals surface area contributed by atoms with Crippen LogP contribution in [-0.2, 0) is 19.1 Å². The van der Waals surface area contributed by atoms with Crippen LogP contribution in [0.2, 0.25) is 0 Å². The quantitative estimate of drug-likeness (QED) is 0.0381. The van der Waals surface area contributed by atoms with E-state index in [4.69, 9.17) is 9.47 Å². The number of hydrogen-bond donors (Lipinski definition) is 2. The predicted octanol–water partition coefficient (Wildman–Crippen LogP) is 13.2. The summed E-state index contributed by atoms with van der Waals surface area (Å²) in [5.74, 6) is 0.669. The molecule has 358 valence electrons. The minimum atomic E-state index is -1.36. The average Bonchev–Trinajstić information content (AvgIpc) is 3.63. The third kappa shape index (κ3) is 34.1. The average molecular weight is 880 g/mol. The van der Waals surface area contributed by atoms with Gasteiger partial charge in [-0.2, -0.15) is 8.75 Å². The van der Waals surface area contributed by atoms with Crippen LogP contribution in [0.25, 0.3) is 0 Å². The molecule has 0 radical (unpaired) electrons. The van der Waals surface area contributed by atoms with Gasteiger partial charge in [-0.3, -0.25) is 19.6 Å². The normalized spacial score (nSPS) is 12.8. The van der Waals surface area contributed by atoms with Crippen LogP contribution in [0.5, 0.6) is 0 Å². The molecule has 11 heteroatoms. The van der Waals surface area contributed by atoms with Crippen LogP contribution in [0.3, 0.4) is 0 Å². The molecule has 1 aromatic rings. The van der Waals surface area contributed by atoms with Crippen molar-refractivity contribution < 1.29 is 23.6 Å². The lowest BCUT2D eigenvalue weighted by Crippen LogP contribution is -2.29. The van der Waals surface area contributed by atoms with Crippen LogP contribution < -0.4 is 11.0 Å². The summed E-state index contributed by atoms with van der Waals surface area (Å²) in [6.07, 6.45) is 38.8. The lowest BCUT2D eigenvalue weighted by atomic mass is 9.93. The first-order valence-electron chi connectivity index (χ1n) is 25.9. The summed E-state index contributed by atoms with van der Waals surface area (Å²) in [4.78, 5) is 36.6. The SMILES string of the molecule is CCCCCCCCC(CCCCCCCC)OC(=O)CCCCCCCN(CCCCCCCC(=O)OCCC(CCCC)CCCC)CCCN=c1[nH][s+]([O-])[nH]c1=NC. The number of aromatic nitrogens is 2. The maximum atomic E-state index is 12.9. The Morgan fingerprint density at radius 1 is 0.557 bits per heavy atom. The van der Waals surface area contributed by atoms with E-state index in [1.807, 2.05) is 0 Å². The number of aromatic amines is 2. The number of carbonyl (C=O) groups is 2. The van der Waals surface area contributed by atoms with Crippen LogP contribution in [0, 0.1) is 5.92 Å². The number of ether oxygens (including phenoxy) is 2. The molecule has 1 heterocycles. The molecule has 61 heavy (non-hydrogen) atoms. The van der Waals surface area contributed by atoms with E-state index in [9.17, 15) is 14.1 Å². The van der Waals surface area contributed by atoms with Crippen molar-refractivity contribution in [1.29, 1.82) is 0 Å². The van der Waals surface area contributed by atoms with E-state index in [0.717, 1.165) is 103 Å². The van der Waals surface area contributed by atoms with E-state index in [0.29, 0.717) is 42.9 Å². The summed E-state index contributed by atoms with van der Waals surface area (Å²) >= 11 is -1.36. The molecule has 0 spiro atoms. The van der Waals surface area contributed by atoms with Gasteiger partial charge >= 0.3 is 11.9 Å². The Bertz CT molecular complexity index is 1260. The van der Waals surface area contributed by atoms with Gasteiger partial charge in [0.05, 0.1) is 6.61 Å². The number of nitrogens with zero attached hydrogens (tertiary/aromatic N) is 3. The molecule has 0 aliphatic heterocycles. The highest BCUT2D eigenvalue weighted by Gasteiger charge is 2.15. The standard InChI is InChI=1S/C50H97N5O5S/c1-6-10-14-16-20-26-35-46(36-27-21-17-15-11-7-2)60-48(57)38-29-23-19-25-31-42-55(43-32-40-52-50-49(51-5)53-61(58)54-50)41-30-24-18-22-28-37-47(56)59-44-39-45(33-12-8-3)34-13-9-4/h45-46H,6-44H2,1-5H3,(H,51,53)(H,52,54). The van der Waals surface area contributed by atoms with Gasteiger partial charge in [-0.05, 0) is 89.8 Å². The van der Waals surface area contributed by atoms with Crippen LogP contribution in [0.15, 0.2) is 9.98 Å². The molecule has 2 N–H and O–H groups in total. The third-order valence-electron chi connectivity index (χ3n) is 12.2. The Morgan fingerprint density at radius 2 is 1.02 bits per heavy atom. The maximum absolute atomic E-state index is 12.9. The first-order chi connectivity index (χ1) is 29.9. The molecule has 1 aromatic heterocycles. The lowest BCUT2D eigenvalue weighted by Gasteiger charge is -2.22. The van der Waals surface area contributed by atoms with Gasteiger partial charge in [0.25, 0.3) is 0 Å². The van der Waals surface area contributed by atoms with Crippen LogP contribution in [-0.4, -0.2) is 76.1 Å². The van der Waals surface area contributed by atoms with E-state index in [1.165, 1.54) is 122 Å². The van der Waals surface area contributed by atoms with Crippen molar-refractivity contribution in [1.82, 2.24) is 13.6 Å². The predicted molar refractivity (Wildman–Crippen MR) is 256 cm³/mol. The monoisotopic (exact) mass is 880 g/mol. The molecule has 0 amide bonds. The summed E-state index contributed by atoms with van der Waals surface area (Å²) in [5.41, 5.74) is 1.13.